The van der Waals surface area contributed by atoms with E-state index in [-0.39, 0.29) is 0 Å². The number of nitrogens with one attached hydrogen (secondary N) is 2. The van der Waals surface area contributed by atoms with Crippen LogP contribution in [0.2, 0.25) is 10.0 Å². The zero-order chi connectivity index (χ0) is 18.4. The van der Waals surface area contributed by atoms with Crippen LogP contribution in [0, 0.1) is 0 Å². The number of benzene rings is 2. The third-order valence-electron chi connectivity index (χ3n) is 3.58. The topological polar surface area (TPSA) is 42.5 Å². The number of thiocarbonyl (C=S) groups is 1. The predicted octanol–water partition coefficient (Wildman–Crippen LogP) is 4.98. The van der Waals surface area contributed by atoms with Crippen LogP contribution in [0.3, 0.4) is 0 Å². The van der Waals surface area contributed by atoms with Crippen LogP contribution in [0.15, 0.2) is 36.4 Å². The Morgan fingerprint density at radius 3 is 2.65 bits per heavy atom. The maximum absolute atomic E-state index is 6.02. The van der Waals surface area contributed by atoms with Crippen LogP contribution >= 0.6 is 47.2 Å². The van der Waals surface area contributed by atoms with Gasteiger partial charge in [0.1, 0.15) is 13.2 Å². The molecule has 0 aromatic heterocycles. The average molecular weight is 429 g/mol. The zero-order valence-electron chi connectivity index (χ0n) is 13.9. The van der Waals surface area contributed by atoms with Crippen LogP contribution in [-0.2, 0) is 5.75 Å². The van der Waals surface area contributed by atoms with Crippen LogP contribution in [0.25, 0.3) is 0 Å². The largest absolute Gasteiger partial charge is 0.486 e. The van der Waals surface area contributed by atoms with Crippen molar-refractivity contribution in [2.75, 3.05) is 30.8 Å². The second-order valence-electron chi connectivity index (χ2n) is 5.54. The Balaban J connectivity index is 1.37. The molecule has 0 saturated carbocycles. The van der Waals surface area contributed by atoms with E-state index in [0.29, 0.717) is 28.4 Å². The van der Waals surface area contributed by atoms with Gasteiger partial charge in [0.15, 0.2) is 16.6 Å². The van der Waals surface area contributed by atoms with Crippen molar-refractivity contribution in [1.29, 1.82) is 0 Å². The van der Waals surface area contributed by atoms with E-state index in [9.17, 15) is 0 Å². The lowest BCUT2D eigenvalue weighted by atomic mass is 10.2. The van der Waals surface area contributed by atoms with Gasteiger partial charge in [-0.2, -0.15) is 11.8 Å². The molecule has 138 valence electrons. The van der Waals surface area contributed by atoms with E-state index in [1.165, 1.54) is 0 Å². The van der Waals surface area contributed by atoms with Gasteiger partial charge in [-0.15, -0.1) is 0 Å². The van der Waals surface area contributed by atoms with Crippen molar-refractivity contribution < 1.29 is 9.47 Å². The van der Waals surface area contributed by atoms with Gasteiger partial charge in [-0.25, -0.2) is 0 Å². The summed E-state index contributed by atoms with van der Waals surface area (Å²) in [7, 11) is 0. The fourth-order valence-corrected chi connectivity index (χ4v) is 3.70. The smallest absolute Gasteiger partial charge is 0.170 e. The Bertz CT molecular complexity index is 790. The first-order chi connectivity index (χ1) is 12.6. The van der Waals surface area contributed by atoms with E-state index in [1.54, 1.807) is 11.8 Å². The van der Waals surface area contributed by atoms with Crippen molar-refractivity contribution in [3.05, 3.63) is 52.0 Å². The van der Waals surface area contributed by atoms with Gasteiger partial charge < -0.3 is 20.1 Å². The van der Waals surface area contributed by atoms with Crippen molar-refractivity contribution >= 4 is 58.0 Å². The Hall–Kier alpha value is -1.34. The molecule has 0 saturated heterocycles. The van der Waals surface area contributed by atoms with E-state index in [1.807, 2.05) is 36.4 Å². The second-order valence-corrected chi connectivity index (χ2v) is 7.87. The Morgan fingerprint density at radius 1 is 1.04 bits per heavy atom. The number of thioether (sulfide) groups is 1. The summed E-state index contributed by atoms with van der Waals surface area (Å²) in [6.07, 6.45) is 0. The molecule has 3 rings (SSSR count). The Morgan fingerprint density at radius 2 is 1.85 bits per heavy atom. The molecule has 2 aromatic carbocycles. The molecule has 1 aliphatic rings. The number of anilines is 1. The van der Waals surface area contributed by atoms with E-state index >= 15 is 0 Å². The first kappa shape index (κ1) is 19.4. The third-order valence-corrected chi connectivity index (χ3v) is 5.60. The molecule has 0 fully saturated rings. The predicted molar refractivity (Wildman–Crippen MR) is 114 cm³/mol. The minimum atomic E-state index is 0.565. The molecule has 0 bridgehead atoms. The van der Waals surface area contributed by atoms with Crippen molar-refractivity contribution in [1.82, 2.24) is 5.32 Å². The monoisotopic (exact) mass is 428 g/mol. The van der Waals surface area contributed by atoms with E-state index in [4.69, 9.17) is 44.9 Å². The summed E-state index contributed by atoms with van der Waals surface area (Å²) in [6, 6.07) is 11.4. The zero-order valence-corrected chi connectivity index (χ0v) is 17.0. The summed E-state index contributed by atoms with van der Waals surface area (Å²) < 4.78 is 11.1. The molecule has 2 N–H and O–H groups in total. The lowest BCUT2D eigenvalue weighted by molar-refractivity contribution is 0.171. The van der Waals surface area contributed by atoms with Gasteiger partial charge in [-0.3, -0.25) is 0 Å². The maximum atomic E-state index is 6.02. The number of rotatable bonds is 6. The molecule has 0 radical (unpaired) electrons. The molecule has 1 aliphatic heterocycles. The van der Waals surface area contributed by atoms with Gasteiger partial charge in [-0.1, -0.05) is 29.3 Å². The van der Waals surface area contributed by atoms with Gasteiger partial charge in [0.2, 0.25) is 0 Å². The van der Waals surface area contributed by atoms with Crippen LogP contribution in [0.1, 0.15) is 5.56 Å². The highest BCUT2D eigenvalue weighted by Crippen LogP contribution is 2.32. The van der Waals surface area contributed by atoms with Gasteiger partial charge in [0, 0.05) is 29.8 Å². The third kappa shape index (κ3) is 5.58. The number of halogens is 2. The van der Waals surface area contributed by atoms with Crippen molar-refractivity contribution in [3.8, 4) is 11.5 Å². The highest BCUT2D eigenvalue weighted by atomic mass is 35.5. The van der Waals surface area contributed by atoms with Gasteiger partial charge in [0.05, 0.1) is 10.0 Å². The fraction of sp³-hybridized carbons (Fsp3) is 0.278. The van der Waals surface area contributed by atoms with Crippen LogP contribution in [0.5, 0.6) is 11.5 Å². The van der Waals surface area contributed by atoms with Crippen molar-refractivity contribution in [3.63, 3.8) is 0 Å². The lowest BCUT2D eigenvalue weighted by Gasteiger charge is -2.19. The first-order valence-corrected chi connectivity index (χ1v) is 10.4. The minimum Gasteiger partial charge on any atom is -0.486 e. The fourth-order valence-electron chi connectivity index (χ4n) is 2.35. The molecule has 26 heavy (non-hydrogen) atoms. The van der Waals surface area contributed by atoms with E-state index in [0.717, 1.165) is 40.8 Å². The molecule has 8 heteroatoms. The quantitative estimate of drug-likeness (QED) is 0.499. The summed E-state index contributed by atoms with van der Waals surface area (Å²) >= 11 is 19.1. The van der Waals surface area contributed by atoms with Gasteiger partial charge in [-0.05, 0) is 42.0 Å². The van der Waals surface area contributed by atoms with Crippen LogP contribution in [0.4, 0.5) is 5.69 Å². The molecule has 0 atom stereocenters. The summed E-state index contributed by atoms with van der Waals surface area (Å²) in [5.74, 6) is 3.30. The molecule has 0 aliphatic carbocycles. The number of ether oxygens (including phenoxy) is 2. The highest BCUT2D eigenvalue weighted by molar-refractivity contribution is 7.98. The SMILES string of the molecule is S=C(NCCSCc1ccc(Cl)c(Cl)c1)Nc1ccc2c(c1)OCCO2. The maximum Gasteiger partial charge on any atom is 0.170 e. The molecule has 0 spiro atoms. The van der Waals surface area contributed by atoms with E-state index in [2.05, 4.69) is 10.6 Å². The second kappa shape index (κ2) is 9.55. The van der Waals surface area contributed by atoms with Crippen LogP contribution < -0.4 is 20.1 Å². The minimum absolute atomic E-state index is 0.565. The molecule has 1 heterocycles. The van der Waals surface area contributed by atoms with E-state index < -0.39 is 0 Å². The molecule has 4 nitrogen and oxygen atoms in total. The van der Waals surface area contributed by atoms with Crippen LogP contribution in [-0.4, -0.2) is 30.6 Å². The normalized spacial score (nSPS) is 12.5. The summed E-state index contributed by atoms with van der Waals surface area (Å²) in [6.45, 7) is 1.91. The molecule has 0 unspecified atom stereocenters. The summed E-state index contributed by atoms with van der Waals surface area (Å²) in [5, 5.41) is 8.11. The first-order valence-electron chi connectivity index (χ1n) is 8.08. The van der Waals surface area contributed by atoms with Crippen molar-refractivity contribution in [2.45, 2.75) is 5.75 Å². The van der Waals surface area contributed by atoms with Gasteiger partial charge >= 0.3 is 0 Å². The summed E-state index contributed by atoms with van der Waals surface area (Å²) in [4.78, 5) is 0. The lowest BCUT2D eigenvalue weighted by Crippen LogP contribution is -2.30. The van der Waals surface area contributed by atoms with Crippen molar-refractivity contribution in [2.24, 2.45) is 0 Å². The Labute approximate surface area is 172 Å². The average Bonchev–Trinajstić information content (AvgIpc) is 2.64. The standard InChI is InChI=1S/C18H18Cl2N2O2S2/c19-14-3-1-12(9-15(14)20)11-26-8-5-21-18(25)22-13-2-4-16-17(10-13)24-7-6-23-16/h1-4,9-10H,5-8,11H2,(H2,21,22,25). The van der Waals surface area contributed by atoms with Gasteiger partial charge in [0.25, 0.3) is 0 Å². The number of fused-ring (bicyclic) bond motifs is 1. The molecule has 2 aromatic rings. The highest BCUT2D eigenvalue weighted by Gasteiger charge is 2.12. The molecular weight excluding hydrogens is 411 g/mol. The molecular formula is C18H18Cl2N2O2S2. The summed E-state index contributed by atoms with van der Waals surface area (Å²) in [5.41, 5.74) is 2.02. The number of hydrogen-bond donors (Lipinski definition) is 2. The molecule has 0 amide bonds. The number of hydrogen-bond acceptors (Lipinski definition) is 4. The Kier molecular flexibility index (Phi) is 7.14.